The molecule has 0 atom stereocenters. The second-order valence-corrected chi connectivity index (χ2v) is 4.61. The normalized spacial score (nSPS) is 11.0. The molecule has 10 heteroatoms. The average Bonchev–Trinajstić information content (AvgIpc) is 3.08. The number of halogens is 1. The largest absolute Gasteiger partial charge is 0.341 e. The molecule has 108 valence electrons. The van der Waals surface area contributed by atoms with E-state index in [0.717, 1.165) is 12.8 Å². The predicted octanol–water partition coefficient (Wildman–Crippen LogP) is 1.33. The highest BCUT2D eigenvalue weighted by molar-refractivity contribution is 6.33. The summed E-state index contributed by atoms with van der Waals surface area (Å²) in [6, 6.07) is 0. The molecule has 3 rings (SSSR count). The summed E-state index contributed by atoms with van der Waals surface area (Å²) >= 11 is 5.97. The van der Waals surface area contributed by atoms with E-state index in [9.17, 15) is 4.79 Å². The van der Waals surface area contributed by atoms with Crippen LogP contribution < -0.4 is 5.32 Å². The van der Waals surface area contributed by atoms with Gasteiger partial charge in [0.15, 0.2) is 10.8 Å². The van der Waals surface area contributed by atoms with Gasteiger partial charge in [0.25, 0.3) is 5.91 Å². The number of imidazole rings is 1. The summed E-state index contributed by atoms with van der Waals surface area (Å²) < 4.78 is 0. The van der Waals surface area contributed by atoms with E-state index < -0.39 is 5.91 Å². The maximum atomic E-state index is 12.0. The Labute approximate surface area is 123 Å². The molecule has 0 saturated carbocycles. The Morgan fingerprint density at radius 2 is 2.24 bits per heavy atom. The Balaban J connectivity index is 1.81. The van der Waals surface area contributed by atoms with E-state index in [-0.39, 0.29) is 16.9 Å². The van der Waals surface area contributed by atoms with Crippen molar-refractivity contribution in [2.75, 3.05) is 5.32 Å². The number of aromatic amines is 2. The zero-order chi connectivity index (χ0) is 14.8. The van der Waals surface area contributed by atoms with Gasteiger partial charge in [0, 0.05) is 6.42 Å². The minimum Gasteiger partial charge on any atom is -0.341 e. The molecule has 0 unspecified atom stereocenters. The van der Waals surface area contributed by atoms with E-state index >= 15 is 0 Å². The van der Waals surface area contributed by atoms with Gasteiger partial charge in [0.1, 0.15) is 11.3 Å². The molecule has 3 heterocycles. The lowest BCUT2D eigenvalue weighted by Gasteiger charge is -2.01. The van der Waals surface area contributed by atoms with E-state index in [1.165, 1.54) is 6.33 Å². The molecule has 0 saturated heterocycles. The van der Waals surface area contributed by atoms with Crippen molar-refractivity contribution in [3.05, 3.63) is 23.1 Å². The predicted molar refractivity (Wildman–Crippen MR) is 75.0 cm³/mol. The van der Waals surface area contributed by atoms with E-state index in [4.69, 9.17) is 11.6 Å². The topological polar surface area (TPSA) is 125 Å². The summed E-state index contributed by atoms with van der Waals surface area (Å²) in [4.78, 5) is 30.9. The monoisotopic (exact) mass is 306 g/mol. The summed E-state index contributed by atoms with van der Waals surface area (Å²) in [5.74, 6) is 0.218. The Hall–Kier alpha value is -2.55. The van der Waals surface area contributed by atoms with Crippen LogP contribution in [-0.2, 0) is 6.42 Å². The first-order chi connectivity index (χ1) is 10.2. The molecule has 0 spiro atoms. The number of H-pyrrole nitrogens is 2. The van der Waals surface area contributed by atoms with Gasteiger partial charge in [-0.3, -0.25) is 15.2 Å². The van der Waals surface area contributed by atoms with Crippen molar-refractivity contribution in [1.82, 2.24) is 35.1 Å². The fourth-order valence-corrected chi connectivity index (χ4v) is 1.98. The second kappa shape index (κ2) is 5.44. The highest BCUT2D eigenvalue weighted by atomic mass is 35.5. The summed E-state index contributed by atoms with van der Waals surface area (Å²) in [5.41, 5.74) is 0.879. The van der Waals surface area contributed by atoms with E-state index in [0.29, 0.717) is 17.0 Å². The second-order valence-electron chi connectivity index (χ2n) is 4.25. The average molecular weight is 307 g/mol. The summed E-state index contributed by atoms with van der Waals surface area (Å²) in [6.07, 6.45) is 3.08. The van der Waals surface area contributed by atoms with Gasteiger partial charge in [-0.2, -0.15) is 9.97 Å². The number of amides is 1. The highest BCUT2D eigenvalue weighted by Crippen LogP contribution is 2.18. The van der Waals surface area contributed by atoms with Gasteiger partial charge in [0.05, 0.1) is 6.33 Å². The smallest absolute Gasteiger partial charge is 0.297 e. The summed E-state index contributed by atoms with van der Waals surface area (Å²) in [7, 11) is 0. The molecule has 3 aromatic heterocycles. The number of nitrogens with one attached hydrogen (secondary N) is 3. The van der Waals surface area contributed by atoms with E-state index in [1.807, 2.05) is 6.92 Å². The van der Waals surface area contributed by atoms with Crippen molar-refractivity contribution in [2.24, 2.45) is 0 Å². The number of carbonyl (C=O) groups is 1. The van der Waals surface area contributed by atoms with Crippen molar-refractivity contribution < 1.29 is 4.79 Å². The highest BCUT2D eigenvalue weighted by Gasteiger charge is 2.15. The van der Waals surface area contributed by atoms with Crippen molar-refractivity contribution in [2.45, 2.75) is 19.8 Å². The number of aromatic nitrogens is 7. The molecule has 0 radical (unpaired) electrons. The van der Waals surface area contributed by atoms with Crippen LogP contribution in [0.2, 0.25) is 5.15 Å². The van der Waals surface area contributed by atoms with Crippen molar-refractivity contribution in [3.63, 3.8) is 0 Å². The standard InChI is InChI=1S/C11H11ClN8O/c1-2-3-5-15-9(20-19-5)10(21)18-11-16-7(12)6-8(17-11)14-4-13-6/h4H,2-3H2,1H3,(H,15,19,20)(H2,13,14,16,17,18,21). The first-order valence-electron chi connectivity index (χ1n) is 6.26. The molecule has 0 bridgehead atoms. The number of fused-ring (bicyclic) bond motifs is 1. The first-order valence-corrected chi connectivity index (χ1v) is 6.64. The lowest BCUT2D eigenvalue weighted by atomic mass is 10.3. The lowest BCUT2D eigenvalue weighted by molar-refractivity contribution is 0.101. The fraction of sp³-hybridized carbons (Fsp3) is 0.273. The van der Waals surface area contributed by atoms with Crippen LogP contribution in [0.4, 0.5) is 5.95 Å². The minimum atomic E-state index is -0.514. The third-order valence-corrected chi connectivity index (χ3v) is 2.96. The Kier molecular flexibility index (Phi) is 3.48. The third kappa shape index (κ3) is 2.68. The summed E-state index contributed by atoms with van der Waals surface area (Å²) in [5, 5.41) is 9.22. The van der Waals surface area contributed by atoms with Crippen LogP contribution in [-0.4, -0.2) is 41.0 Å². The van der Waals surface area contributed by atoms with Crippen LogP contribution in [0.5, 0.6) is 0 Å². The fourth-order valence-electron chi connectivity index (χ4n) is 1.76. The Morgan fingerprint density at radius 1 is 1.38 bits per heavy atom. The number of hydrogen-bond acceptors (Lipinski definition) is 6. The van der Waals surface area contributed by atoms with Crippen molar-refractivity contribution in [1.29, 1.82) is 0 Å². The van der Waals surface area contributed by atoms with Crippen LogP contribution in [0.3, 0.4) is 0 Å². The molecule has 0 aliphatic heterocycles. The number of hydrogen-bond donors (Lipinski definition) is 3. The van der Waals surface area contributed by atoms with Gasteiger partial charge in [-0.05, 0) is 6.42 Å². The van der Waals surface area contributed by atoms with Gasteiger partial charge in [-0.25, -0.2) is 9.97 Å². The van der Waals surface area contributed by atoms with Gasteiger partial charge >= 0.3 is 0 Å². The number of rotatable bonds is 4. The maximum absolute atomic E-state index is 12.0. The molecule has 3 aromatic rings. The van der Waals surface area contributed by atoms with E-state index in [2.05, 4.69) is 40.4 Å². The molecule has 0 aliphatic rings. The summed E-state index contributed by atoms with van der Waals surface area (Å²) in [6.45, 7) is 2.01. The molecule has 3 N–H and O–H groups in total. The number of aryl methyl sites for hydroxylation is 1. The van der Waals surface area contributed by atoms with Gasteiger partial charge in [-0.15, -0.1) is 5.10 Å². The molecule has 1 amide bonds. The van der Waals surface area contributed by atoms with Crippen LogP contribution in [0.1, 0.15) is 29.8 Å². The number of carbonyl (C=O) groups excluding carboxylic acids is 1. The molecule has 0 aliphatic carbocycles. The number of anilines is 1. The van der Waals surface area contributed by atoms with E-state index in [1.54, 1.807) is 0 Å². The molecule has 21 heavy (non-hydrogen) atoms. The minimum absolute atomic E-state index is 0.0281. The lowest BCUT2D eigenvalue weighted by Crippen LogP contribution is -2.16. The Morgan fingerprint density at radius 3 is 3.05 bits per heavy atom. The Bertz CT molecular complexity index is 794. The third-order valence-electron chi connectivity index (χ3n) is 2.69. The maximum Gasteiger partial charge on any atom is 0.297 e. The zero-order valence-electron chi connectivity index (χ0n) is 11.0. The van der Waals surface area contributed by atoms with Crippen molar-refractivity contribution >= 4 is 34.6 Å². The van der Waals surface area contributed by atoms with Crippen LogP contribution in [0.25, 0.3) is 11.2 Å². The molecular formula is C11H11ClN8O. The van der Waals surface area contributed by atoms with Gasteiger partial charge < -0.3 is 4.98 Å². The van der Waals surface area contributed by atoms with Gasteiger partial charge in [-0.1, -0.05) is 18.5 Å². The quantitative estimate of drug-likeness (QED) is 0.624. The SMILES string of the molecule is CCCc1nc(C(=O)Nc2nc(Cl)c3[nH]cnc3n2)n[nH]1. The number of nitrogens with zero attached hydrogens (tertiary/aromatic N) is 5. The van der Waals surface area contributed by atoms with Crippen LogP contribution >= 0.6 is 11.6 Å². The van der Waals surface area contributed by atoms with Gasteiger partial charge in [0.2, 0.25) is 11.8 Å². The zero-order valence-corrected chi connectivity index (χ0v) is 11.8. The molecule has 9 nitrogen and oxygen atoms in total. The van der Waals surface area contributed by atoms with Crippen LogP contribution in [0, 0.1) is 0 Å². The molecular weight excluding hydrogens is 296 g/mol. The van der Waals surface area contributed by atoms with Crippen LogP contribution in [0.15, 0.2) is 6.33 Å². The first kappa shape index (κ1) is 13.4. The molecule has 0 aromatic carbocycles. The molecule has 0 fully saturated rings. The van der Waals surface area contributed by atoms with Crippen molar-refractivity contribution in [3.8, 4) is 0 Å².